The number of rotatable bonds is 3. The zero-order chi connectivity index (χ0) is 8.27. The van der Waals surface area contributed by atoms with E-state index in [-0.39, 0.29) is 6.61 Å². The normalized spacial score (nSPS) is 13.4. The van der Waals surface area contributed by atoms with E-state index in [0.717, 1.165) is 11.4 Å². The van der Waals surface area contributed by atoms with Crippen molar-refractivity contribution in [2.24, 2.45) is 5.92 Å². The molecule has 1 N–H and O–H groups in total. The van der Waals surface area contributed by atoms with Gasteiger partial charge in [-0.25, -0.2) is 4.98 Å². The molecule has 1 aromatic heterocycles. The fraction of sp³-hybridized carbons (Fsp3) is 0.625. The lowest BCUT2D eigenvalue weighted by molar-refractivity contribution is 0.237. The highest BCUT2D eigenvalue weighted by Gasteiger charge is 2.03. The minimum Gasteiger partial charge on any atom is -0.396 e. The molecule has 0 aliphatic carbocycles. The van der Waals surface area contributed by atoms with Crippen LogP contribution >= 0.6 is 11.3 Å². The van der Waals surface area contributed by atoms with E-state index >= 15 is 0 Å². The highest BCUT2D eigenvalue weighted by molar-refractivity contribution is 7.11. The quantitative estimate of drug-likeness (QED) is 0.749. The van der Waals surface area contributed by atoms with Gasteiger partial charge in [0.25, 0.3) is 0 Å². The van der Waals surface area contributed by atoms with E-state index in [4.69, 9.17) is 5.11 Å². The van der Waals surface area contributed by atoms with Crippen molar-refractivity contribution in [3.05, 3.63) is 16.1 Å². The monoisotopic (exact) mass is 171 g/mol. The lowest BCUT2D eigenvalue weighted by atomic mass is 10.1. The summed E-state index contributed by atoms with van der Waals surface area (Å²) >= 11 is 1.71. The van der Waals surface area contributed by atoms with Crippen molar-refractivity contribution in [1.82, 2.24) is 4.98 Å². The fourth-order valence-electron chi connectivity index (χ4n) is 0.908. The summed E-state index contributed by atoms with van der Waals surface area (Å²) in [6.45, 7) is 4.30. The van der Waals surface area contributed by atoms with Crippen LogP contribution in [0.3, 0.4) is 0 Å². The smallest absolute Gasteiger partial charge is 0.0896 e. The molecule has 0 bridgehead atoms. The molecule has 0 spiro atoms. The van der Waals surface area contributed by atoms with Crippen LogP contribution in [0.5, 0.6) is 0 Å². The van der Waals surface area contributed by atoms with Gasteiger partial charge in [0.1, 0.15) is 0 Å². The Kier molecular flexibility index (Phi) is 3.02. The van der Waals surface area contributed by atoms with Gasteiger partial charge in [0.05, 0.1) is 5.01 Å². The molecule has 0 saturated heterocycles. The number of hydrogen-bond donors (Lipinski definition) is 1. The molecule has 0 aliphatic rings. The third-order valence-electron chi connectivity index (χ3n) is 1.53. The molecule has 3 heteroatoms. The third-order valence-corrected chi connectivity index (χ3v) is 2.47. The highest BCUT2D eigenvalue weighted by atomic mass is 32.1. The number of aliphatic hydroxyl groups excluding tert-OH is 1. The maximum atomic E-state index is 8.79. The van der Waals surface area contributed by atoms with Crippen molar-refractivity contribution in [2.75, 3.05) is 6.61 Å². The van der Waals surface area contributed by atoms with Crippen LogP contribution in [-0.2, 0) is 6.42 Å². The Morgan fingerprint density at radius 2 is 2.45 bits per heavy atom. The number of thiazole rings is 1. The van der Waals surface area contributed by atoms with Gasteiger partial charge in [-0.2, -0.15) is 0 Å². The van der Waals surface area contributed by atoms with E-state index in [1.165, 1.54) is 4.88 Å². The van der Waals surface area contributed by atoms with E-state index in [0.29, 0.717) is 5.92 Å². The van der Waals surface area contributed by atoms with E-state index in [2.05, 4.69) is 4.98 Å². The molecule has 0 amide bonds. The van der Waals surface area contributed by atoms with Crippen LogP contribution in [0.25, 0.3) is 0 Å². The van der Waals surface area contributed by atoms with Gasteiger partial charge in [0.15, 0.2) is 0 Å². The average Bonchev–Trinajstić information content (AvgIpc) is 2.35. The molecular weight excluding hydrogens is 158 g/mol. The highest BCUT2D eigenvalue weighted by Crippen LogP contribution is 2.15. The standard InChI is InChI=1S/C8H13NOS/c1-6(5-10)3-8-4-9-7(2)11-8/h4,6,10H,3,5H2,1-2H3/t6-/m0/s1. The first-order valence-electron chi connectivity index (χ1n) is 3.74. The molecule has 11 heavy (non-hydrogen) atoms. The number of hydrogen-bond acceptors (Lipinski definition) is 3. The van der Waals surface area contributed by atoms with Crippen molar-refractivity contribution < 1.29 is 5.11 Å². The second kappa shape index (κ2) is 3.83. The van der Waals surface area contributed by atoms with Crippen LogP contribution in [0.2, 0.25) is 0 Å². The molecule has 0 radical (unpaired) electrons. The molecule has 0 saturated carbocycles. The molecule has 2 nitrogen and oxygen atoms in total. The molecule has 1 aromatic rings. The third kappa shape index (κ3) is 2.60. The van der Waals surface area contributed by atoms with Gasteiger partial charge in [-0.1, -0.05) is 6.92 Å². The van der Waals surface area contributed by atoms with E-state index in [1.54, 1.807) is 11.3 Å². The van der Waals surface area contributed by atoms with Gasteiger partial charge < -0.3 is 5.11 Å². The van der Waals surface area contributed by atoms with Crippen molar-refractivity contribution >= 4 is 11.3 Å². The average molecular weight is 171 g/mol. The second-order valence-corrected chi connectivity index (χ2v) is 4.16. The van der Waals surface area contributed by atoms with Crippen molar-refractivity contribution in [1.29, 1.82) is 0 Å². The predicted molar refractivity (Wildman–Crippen MR) is 46.8 cm³/mol. The molecule has 0 fully saturated rings. The summed E-state index contributed by atoms with van der Waals surface area (Å²) < 4.78 is 0. The minimum absolute atomic E-state index is 0.261. The van der Waals surface area contributed by atoms with Gasteiger partial charge in [-0.15, -0.1) is 11.3 Å². The lowest BCUT2D eigenvalue weighted by Crippen LogP contribution is -2.02. The van der Waals surface area contributed by atoms with Gasteiger partial charge in [-0.3, -0.25) is 0 Å². The first-order valence-corrected chi connectivity index (χ1v) is 4.56. The van der Waals surface area contributed by atoms with Crippen molar-refractivity contribution in [3.63, 3.8) is 0 Å². The maximum Gasteiger partial charge on any atom is 0.0896 e. The Morgan fingerprint density at radius 3 is 2.91 bits per heavy atom. The van der Waals surface area contributed by atoms with E-state index in [1.807, 2.05) is 20.0 Å². The minimum atomic E-state index is 0.261. The molecule has 0 unspecified atom stereocenters. The number of nitrogens with zero attached hydrogens (tertiary/aromatic N) is 1. The molecule has 0 aromatic carbocycles. The topological polar surface area (TPSA) is 33.1 Å². The SMILES string of the molecule is Cc1ncc(C[C@H](C)CO)s1. The predicted octanol–water partition coefficient (Wildman–Crippen LogP) is 1.62. The largest absolute Gasteiger partial charge is 0.396 e. The Labute approximate surface area is 70.9 Å². The van der Waals surface area contributed by atoms with Crippen LogP contribution in [0.1, 0.15) is 16.8 Å². The number of aromatic nitrogens is 1. The first-order chi connectivity index (χ1) is 5.22. The first kappa shape index (κ1) is 8.68. The number of aryl methyl sites for hydroxylation is 1. The zero-order valence-electron chi connectivity index (χ0n) is 6.87. The van der Waals surface area contributed by atoms with Gasteiger partial charge in [0, 0.05) is 17.7 Å². The van der Waals surface area contributed by atoms with Gasteiger partial charge in [-0.05, 0) is 19.3 Å². The summed E-state index contributed by atoms with van der Waals surface area (Å²) in [5.74, 6) is 0.356. The van der Waals surface area contributed by atoms with Gasteiger partial charge >= 0.3 is 0 Å². The Hall–Kier alpha value is -0.410. The summed E-state index contributed by atoms with van der Waals surface area (Å²) in [5, 5.41) is 9.89. The van der Waals surface area contributed by atoms with Crippen LogP contribution in [0, 0.1) is 12.8 Å². The van der Waals surface area contributed by atoms with Crippen LogP contribution < -0.4 is 0 Å². The van der Waals surface area contributed by atoms with Gasteiger partial charge in [0.2, 0.25) is 0 Å². The Morgan fingerprint density at radius 1 is 1.73 bits per heavy atom. The van der Waals surface area contributed by atoms with Crippen LogP contribution in [-0.4, -0.2) is 16.7 Å². The Bertz CT molecular complexity index is 222. The molecule has 1 atom stereocenters. The Balaban J connectivity index is 2.50. The van der Waals surface area contributed by atoms with E-state index < -0.39 is 0 Å². The molecule has 62 valence electrons. The molecule has 0 aliphatic heterocycles. The van der Waals surface area contributed by atoms with Crippen LogP contribution in [0.15, 0.2) is 6.20 Å². The fourth-order valence-corrected chi connectivity index (χ4v) is 1.87. The van der Waals surface area contributed by atoms with Crippen molar-refractivity contribution in [2.45, 2.75) is 20.3 Å². The summed E-state index contributed by atoms with van der Waals surface area (Å²) in [5.41, 5.74) is 0. The van der Waals surface area contributed by atoms with E-state index in [9.17, 15) is 0 Å². The molecule has 1 heterocycles. The molecular formula is C8H13NOS. The molecule has 1 rings (SSSR count). The van der Waals surface area contributed by atoms with Crippen molar-refractivity contribution in [3.8, 4) is 0 Å². The second-order valence-electron chi connectivity index (χ2n) is 2.84. The zero-order valence-corrected chi connectivity index (χ0v) is 7.69. The van der Waals surface area contributed by atoms with Crippen LogP contribution in [0.4, 0.5) is 0 Å². The summed E-state index contributed by atoms with van der Waals surface area (Å²) in [6.07, 6.45) is 2.84. The lowest BCUT2D eigenvalue weighted by Gasteiger charge is -2.02. The summed E-state index contributed by atoms with van der Waals surface area (Å²) in [7, 11) is 0. The summed E-state index contributed by atoms with van der Waals surface area (Å²) in [6, 6.07) is 0. The maximum absolute atomic E-state index is 8.79. The number of aliphatic hydroxyl groups is 1. The summed E-state index contributed by atoms with van der Waals surface area (Å²) in [4.78, 5) is 5.41.